The molecule has 0 aliphatic rings. The van der Waals surface area contributed by atoms with Crippen LogP contribution in [0.1, 0.15) is 32.6 Å². The average molecular weight is 438 g/mol. The first-order valence-corrected chi connectivity index (χ1v) is 9.96. The summed E-state index contributed by atoms with van der Waals surface area (Å²) in [6.07, 6.45) is 1.13. The molecule has 3 rings (SSSR count). The molecule has 0 fully saturated rings. The van der Waals surface area contributed by atoms with Gasteiger partial charge in [-0.2, -0.15) is 0 Å². The molecule has 154 valence electrons. The van der Waals surface area contributed by atoms with Gasteiger partial charge in [-0.25, -0.2) is 9.78 Å². The molecule has 0 aliphatic carbocycles. The Hall–Kier alpha value is -2.78. The summed E-state index contributed by atoms with van der Waals surface area (Å²) < 4.78 is 21.3. The number of nitrogens with zero attached hydrogens (tertiary/aromatic N) is 2. The molecule has 8 nitrogen and oxygen atoms in total. The lowest BCUT2D eigenvalue weighted by Crippen LogP contribution is -2.25. The summed E-state index contributed by atoms with van der Waals surface area (Å²) in [7, 11) is 1.30. The van der Waals surface area contributed by atoms with Gasteiger partial charge in [0.15, 0.2) is 5.76 Å². The number of carbonyl (C=O) groups is 1. The predicted octanol–water partition coefficient (Wildman–Crippen LogP) is 5.45. The monoisotopic (exact) mass is 437 g/mol. The van der Waals surface area contributed by atoms with E-state index in [1.54, 1.807) is 37.4 Å². The highest BCUT2D eigenvalue weighted by molar-refractivity contribution is 7.16. The number of hydrogen-bond donors (Lipinski definition) is 1. The maximum absolute atomic E-state index is 11.3. The average Bonchev–Trinajstić information content (AvgIpc) is 3.32. The highest BCUT2D eigenvalue weighted by Gasteiger charge is 2.18. The zero-order chi connectivity index (χ0) is 21.0. The first-order chi connectivity index (χ1) is 13.9. The quantitative estimate of drug-likeness (QED) is 0.525. The summed E-state index contributed by atoms with van der Waals surface area (Å²) in [5, 5.41) is 7.47. The molecule has 0 saturated heterocycles. The Kier molecular flexibility index (Phi) is 6.60. The van der Waals surface area contributed by atoms with Crippen molar-refractivity contribution in [3.8, 4) is 27.3 Å². The van der Waals surface area contributed by atoms with E-state index in [0.29, 0.717) is 33.2 Å². The van der Waals surface area contributed by atoms with Gasteiger partial charge in [0.2, 0.25) is 0 Å². The molecule has 2 heterocycles. The minimum Gasteiger partial charge on any atom is -0.491 e. The number of carbonyl (C=O) groups excluding carboxylic acids is 1. The van der Waals surface area contributed by atoms with Gasteiger partial charge in [-0.15, -0.1) is 0 Å². The Balaban J connectivity index is 1.69. The third kappa shape index (κ3) is 5.39. The molecule has 1 unspecified atom stereocenters. The van der Waals surface area contributed by atoms with Gasteiger partial charge in [0.1, 0.15) is 17.2 Å². The summed E-state index contributed by atoms with van der Waals surface area (Å²) in [5.41, 5.74) is 0.581. The van der Waals surface area contributed by atoms with E-state index < -0.39 is 12.1 Å². The molecule has 1 aromatic carbocycles. The second kappa shape index (κ2) is 9.15. The molecule has 29 heavy (non-hydrogen) atoms. The van der Waals surface area contributed by atoms with Gasteiger partial charge >= 0.3 is 6.09 Å². The fraction of sp³-hybridized carbons (Fsp3) is 0.316. The van der Waals surface area contributed by atoms with Gasteiger partial charge < -0.3 is 24.1 Å². The summed E-state index contributed by atoms with van der Waals surface area (Å²) in [6.45, 7) is 5.64. The van der Waals surface area contributed by atoms with Crippen LogP contribution in [0.25, 0.3) is 10.6 Å². The summed E-state index contributed by atoms with van der Waals surface area (Å²) in [5.74, 6) is 1.63. The van der Waals surface area contributed by atoms with Crippen LogP contribution in [0.2, 0.25) is 5.02 Å². The number of hydrogen-bond acceptors (Lipinski definition) is 8. The van der Waals surface area contributed by atoms with Crippen molar-refractivity contribution in [3.63, 3.8) is 0 Å². The molecule has 0 saturated carbocycles. The van der Waals surface area contributed by atoms with Crippen LogP contribution in [0.3, 0.4) is 0 Å². The van der Waals surface area contributed by atoms with E-state index in [1.807, 2.05) is 13.8 Å². The van der Waals surface area contributed by atoms with E-state index in [1.165, 1.54) is 18.4 Å². The van der Waals surface area contributed by atoms with Crippen LogP contribution in [0, 0.1) is 0 Å². The fourth-order valence-corrected chi connectivity index (χ4v) is 3.28. The lowest BCUT2D eigenvalue weighted by molar-refractivity contribution is 0.165. The Labute approximate surface area is 176 Å². The largest absolute Gasteiger partial charge is 0.491 e. The molecule has 0 radical (unpaired) electrons. The van der Waals surface area contributed by atoms with E-state index in [4.69, 9.17) is 25.6 Å². The number of nitrogens with one attached hydrogen (secondary N) is 1. The van der Waals surface area contributed by atoms with Crippen molar-refractivity contribution in [1.29, 1.82) is 0 Å². The molecule has 0 bridgehead atoms. The third-order valence-corrected chi connectivity index (χ3v) is 4.88. The highest BCUT2D eigenvalue weighted by atomic mass is 35.5. The number of aromatic nitrogens is 2. The SMILES string of the molecule is COC(=O)NC(C)c1cc(-c2cnc(Oc3ccc(OC(C)C)cc3Cl)s2)no1. The second-order valence-electron chi connectivity index (χ2n) is 6.32. The molecule has 3 aromatic rings. The van der Waals surface area contributed by atoms with E-state index in [9.17, 15) is 4.79 Å². The second-order valence-corrected chi connectivity index (χ2v) is 7.72. The van der Waals surface area contributed by atoms with Crippen LogP contribution >= 0.6 is 22.9 Å². The minimum atomic E-state index is -0.550. The Morgan fingerprint density at radius 1 is 1.28 bits per heavy atom. The van der Waals surface area contributed by atoms with Crippen LogP contribution in [0.4, 0.5) is 4.79 Å². The fourth-order valence-electron chi connectivity index (χ4n) is 2.34. The number of rotatable bonds is 7. The Bertz CT molecular complexity index is 988. The number of halogens is 1. The molecular weight excluding hydrogens is 418 g/mol. The van der Waals surface area contributed by atoms with Crippen molar-refractivity contribution in [3.05, 3.63) is 41.2 Å². The van der Waals surface area contributed by atoms with E-state index in [-0.39, 0.29) is 6.10 Å². The molecule has 0 aliphatic heterocycles. The van der Waals surface area contributed by atoms with Gasteiger partial charge in [0.25, 0.3) is 5.19 Å². The van der Waals surface area contributed by atoms with Crippen LogP contribution in [-0.2, 0) is 4.74 Å². The van der Waals surface area contributed by atoms with Gasteiger partial charge in [-0.3, -0.25) is 0 Å². The third-order valence-electron chi connectivity index (χ3n) is 3.68. The number of amides is 1. The zero-order valence-corrected chi connectivity index (χ0v) is 17.8. The summed E-state index contributed by atoms with van der Waals surface area (Å²) in [4.78, 5) is 16.3. The van der Waals surface area contributed by atoms with Crippen LogP contribution in [0.15, 0.2) is 35.0 Å². The number of ether oxygens (including phenoxy) is 3. The molecule has 0 spiro atoms. The molecular formula is C19H20ClN3O5S. The summed E-state index contributed by atoms with van der Waals surface area (Å²) in [6, 6.07) is 6.55. The molecule has 10 heteroatoms. The maximum Gasteiger partial charge on any atom is 0.407 e. The Morgan fingerprint density at radius 2 is 2.07 bits per heavy atom. The predicted molar refractivity (Wildman–Crippen MR) is 109 cm³/mol. The molecule has 2 aromatic heterocycles. The van der Waals surface area contributed by atoms with Crippen molar-refractivity contribution in [2.24, 2.45) is 0 Å². The van der Waals surface area contributed by atoms with Crippen LogP contribution < -0.4 is 14.8 Å². The van der Waals surface area contributed by atoms with Gasteiger partial charge in [0.05, 0.1) is 35.4 Å². The highest BCUT2D eigenvalue weighted by Crippen LogP contribution is 2.37. The molecule has 1 atom stereocenters. The van der Waals surface area contributed by atoms with Crippen molar-refractivity contribution < 1.29 is 23.5 Å². The lowest BCUT2D eigenvalue weighted by Gasteiger charge is -2.11. The van der Waals surface area contributed by atoms with E-state index in [0.717, 1.165) is 4.88 Å². The topological polar surface area (TPSA) is 95.7 Å². The van der Waals surface area contributed by atoms with Crippen molar-refractivity contribution in [2.75, 3.05) is 7.11 Å². The Morgan fingerprint density at radius 3 is 2.76 bits per heavy atom. The van der Waals surface area contributed by atoms with E-state index >= 15 is 0 Å². The number of alkyl carbamates (subject to hydrolysis) is 1. The standard InChI is InChI=1S/C19H20ClN3O5S/c1-10(2)26-12-5-6-15(13(20)7-12)27-19-21-9-17(29-19)14-8-16(28-23-14)11(3)22-18(24)25-4/h5-11H,1-4H3,(H,22,24). The van der Waals surface area contributed by atoms with Crippen LogP contribution in [-0.4, -0.2) is 29.4 Å². The lowest BCUT2D eigenvalue weighted by atomic mass is 10.2. The molecule has 1 N–H and O–H groups in total. The zero-order valence-electron chi connectivity index (χ0n) is 16.3. The van der Waals surface area contributed by atoms with Gasteiger partial charge in [0, 0.05) is 12.1 Å². The minimum absolute atomic E-state index is 0.0530. The first-order valence-electron chi connectivity index (χ1n) is 8.77. The summed E-state index contributed by atoms with van der Waals surface area (Å²) >= 11 is 7.57. The first kappa shape index (κ1) is 20.9. The van der Waals surface area contributed by atoms with Crippen molar-refractivity contribution >= 4 is 29.0 Å². The van der Waals surface area contributed by atoms with Gasteiger partial charge in [-0.05, 0) is 32.9 Å². The maximum atomic E-state index is 11.3. The number of thiazole rings is 1. The van der Waals surface area contributed by atoms with Crippen molar-refractivity contribution in [2.45, 2.75) is 32.9 Å². The van der Waals surface area contributed by atoms with E-state index in [2.05, 4.69) is 20.2 Å². The smallest absolute Gasteiger partial charge is 0.407 e. The van der Waals surface area contributed by atoms with Crippen LogP contribution in [0.5, 0.6) is 16.7 Å². The van der Waals surface area contributed by atoms with Gasteiger partial charge in [-0.1, -0.05) is 28.1 Å². The number of benzene rings is 1. The number of methoxy groups -OCH3 is 1. The normalized spacial score (nSPS) is 11.9. The van der Waals surface area contributed by atoms with Crippen molar-refractivity contribution in [1.82, 2.24) is 15.5 Å². The molecule has 1 amide bonds.